The molecule has 0 bridgehead atoms. The largest absolute Gasteiger partial charge is 0.417 e. The van der Waals surface area contributed by atoms with Gasteiger partial charge >= 0.3 is 6.18 Å². The van der Waals surface area contributed by atoms with Gasteiger partial charge in [-0.3, -0.25) is 4.79 Å². The molecule has 0 spiro atoms. The van der Waals surface area contributed by atoms with Gasteiger partial charge in [0.2, 0.25) is 5.88 Å². The number of alkyl halides is 3. The van der Waals surface area contributed by atoms with Crippen molar-refractivity contribution in [2.45, 2.75) is 71.9 Å². The second-order valence-electron chi connectivity index (χ2n) is 8.36. The van der Waals surface area contributed by atoms with Gasteiger partial charge in [-0.05, 0) is 37.8 Å². The lowest BCUT2D eigenvalue weighted by Gasteiger charge is -2.15. The maximum atomic E-state index is 12.2. The van der Waals surface area contributed by atoms with Crippen LogP contribution in [0.2, 0.25) is 5.02 Å². The first kappa shape index (κ1) is 30.0. The maximum absolute atomic E-state index is 12.2. The van der Waals surface area contributed by atoms with Crippen LogP contribution in [0.4, 0.5) is 19.1 Å². The Labute approximate surface area is 205 Å². The van der Waals surface area contributed by atoms with Crippen molar-refractivity contribution in [3.05, 3.63) is 46.1 Å². The number of anilines is 1. The minimum Gasteiger partial charge on any atom is -0.383 e. The van der Waals surface area contributed by atoms with Crippen molar-refractivity contribution in [3.8, 4) is 0 Å². The first-order valence-electron chi connectivity index (χ1n) is 11.6. The van der Waals surface area contributed by atoms with Gasteiger partial charge in [0.1, 0.15) is 0 Å². The van der Waals surface area contributed by atoms with Crippen LogP contribution in [0, 0.1) is 5.92 Å². The molecule has 0 saturated carbocycles. The maximum Gasteiger partial charge on any atom is 0.417 e. The summed E-state index contributed by atoms with van der Waals surface area (Å²) in [5, 5.41) is 6.97. The summed E-state index contributed by atoms with van der Waals surface area (Å²) < 4.78 is 47.0. The summed E-state index contributed by atoms with van der Waals surface area (Å²) in [6.07, 6.45) is 1.60. The van der Waals surface area contributed by atoms with Crippen molar-refractivity contribution in [2.24, 2.45) is 5.92 Å². The molecule has 9 heteroatoms. The van der Waals surface area contributed by atoms with E-state index in [-0.39, 0.29) is 11.3 Å². The minimum atomic E-state index is -4.48. The van der Waals surface area contributed by atoms with Crippen molar-refractivity contribution in [1.29, 1.82) is 0 Å². The Hall–Kier alpha value is -2.06. The Kier molecular flexibility index (Phi) is 13.3. The number of carbonyl (C=O) groups excluding carboxylic acids is 1. The molecule has 192 valence electrons. The summed E-state index contributed by atoms with van der Waals surface area (Å²) in [5.41, 5.74) is 0.335. The van der Waals surface area contributed by atoms with Crippen LogP contribution in [0.3, 0.4) is 0 Å². The fourth-order valence-electron chi connectivity index (χ4n) is 3.28. The van der Waals surface area contributed by atoms with Gasteiger partial charge < -0.3 is 14.6 Å². The van der Waals surface area contributed by atoms with Gasteiger partial charge in [0.05, 0.1) is 22.9 Å². The highest BCUT2D eigenvalue weighted by Crippen LogP contribution is 2.35. The summed E-state index contributed by atoms with van der Waals surface area (Å²) >= 11 is 5.39. The van der Waals surface area contributed by atoms with Crippen molar-refractivity contribution < 1.29 is 27.2 Å². The smallest absolute Gasteiger partial charge is 0.383 e. The summed E-state index contributed by atoms with van der Waals surface area (Å²) in [7, 11) is 1.69. The molecule has 2 rings (SSSR count). The molecule has 2 aromatic rings. The molecule has 2 atom stereocenters. The third-order valence-corrected chi connectivity index (χ3v) is 5.89. The number of Topliss-reactive ketones (excluding diaryl/α,β-unsaturated/α-hetero) is 1. The van der Waals surface area contributed by atoms with E-state index >= 15 is 0 Å². The van der Waals surface area contributed by atoms with E-state index in [9.17, 15) is 18.0 Å². The van der Waals surface area contributed by atoms with Gasteiger partial charge in [0.15, 0.2) is 5.78 Å². The van der Waals surface area contributed by atoms with Crippen molar-refractivity contribution in [2.75, 3.05) is 25.6 Å². The van der Waals surface area contributed by atoms with E-state index in [1.807, 2.05) is 6.07 Å². The number of benzene rings is 1. The molecule has 1 aromatic heterocycles. The van der Waals surface area contributed by atoms with Gasteiger partial charge in [0, 0.05) is 31.2 Å². The molecule has 0 aliphatic heterocycles. The van der Waals surface area contributed by atoms with Crippen LogP contribution in [0.5, 0.6) is 0 Å². The molecule has 0 radical (unpaired) electrons. The Bertz CT molecular complexity index is 871. The molecule has 0 fully saturated rings. The molecule has 1 heterocycles. The van der Waals surface area contributed by atoms with Crippen LogP contribution in [0.1, 0.15) is 87.3 Å². The highest BCUT2D eigenvalue weighted by Gasteiger charge is 2.33. The standard InChI is InChI=1S/C16H30N2O2.C9H6ClF3O/c1-5-7-14(9-8-13(3)6-2)15-12-16(20-18-15)17-10-11-19-4;1-5(14)6-2-3-7(8(10)4-6)9(11,12)13/h12-14,17H,5-11H2,1-4H3;2-4H,1H3. The van der Waals surface area contributed by atoms with Gasteiger partial charge in [-0.15, -0.1) is 0 Å². The summed E-state index contributed by atoms with van der Waals surface area (Å²) in [6, 6.07) is 4.98. The predicted octanol–water partition coefficient (Wildman–Crippen LogP) is 8.00. The van der Waals surface area contributed by atoms with Gasteiger partial charge in [-0.25, -0.2) is 0 Å². The number of hydrogen-bond acceptors (Lipinski definition) is 5. The van der Waals surface area contributed by atoms with E-state index in [4.69, 9.17) is 20.9 Å². The number of ketones is 1. The zero-order chi connectivity index (χ0) is 25.7. The Morgan fingerprint density at radius 2 is 1.91 bits per heavy atom. The summed E-state index contributed by atoms with van der Waals surface area (Å²) in [5.74, 6) is 1.75. The zero-order valence-electron chi connectivity index (χ0n) is 20.6. The van der Waals surface area contributed by atoms with E-state index in [1.54, 1.807) is 7.11 Å². The number of rotatable bonds is 12. The Morgan fingerprint density at radius 1 is 1.21 bits per heavy atom. The van der Waals surface area contributed by atoms with E-state index in [2.05, 4.69) is 31.2 Å². The van der Waals surface area contributed by atoms with Crippen LogP contribution >= 0.6 is 11.6 Å². The molecular formula is C25H36ClF3N2O3. The van der Waals surface area contributed by atoms with Crippen LogP contribution < -0.4 is 5.32 Å². The summed E-state index contributed by atoms with van der Waals surface area (Å²) in [6.45, 7) is 9.49. The van der Waals surface area contributed by atoms with Crippen LogP contribution in [0.15, 0.2) is 28.8 Å². The second-order valence-corrected chi connectivity index (χ2v) is 8.77. The number of halogens is 4. The number of nitrogens with one attached hydrogen (secondary N) is 1. The van der Waals surface area contributed by atoms with Crippen LogP contribution in [-0.4, -0.2) is 31.2 Å². The number of carbonyl (C=O) groups is 1. The van der Waals surface area contributed by atoms with Gasteiger partial charge in [0.25, 0.3) is 0 Å². The van der Waals surface area contributed by atoms with E-state index in [0.717, 1.165) is 42.2 Å². The fraction of sp³-hybridized carbons (Fsp3) is 0.600. The fourth-order valence-corrected chi connectivity index (χ4v) is 3.57. The molecule has 1 N–H and O–H groups in total. The number of aromatic nitrogens is 1. The normalized spacial score (nSPS) is 13.1. The van der Waals surface area contributed by atoms with E-state index in [0.29, 0.717) is 12.5 Å². The van der Waals surface area contributed by atoms with Crippen molar-refractivity contribution in [3.63, 3.8) is 0 Å². The lowest BCUT2D eigenvalue weighted by atomic mass is 9.90. The number of ether oxygens (including phenoxy) is 1. The highest BCUT2D eigenvalue weighted by molar-refractivity contribution is 6.31. The first-order chi connectivity index (χ1) is 16.0. The number of hydrogen-bond donors (Lipinski definition) is 1. The lowest BCUT2D eigenvalue weighted by Crippen LogP contribution is -2.06. The van der Waals surface area contributed by atoms with E-state index in [1.165, 1.54) is 39.0 Å². The quantitative estimate of drug-likeness (QED) is 0.234. The molecule has 0 saturated heterocycles. The molecule has 0 aliphatic rings. The Morgan fingerprint density at radius 3 is 2.44 bits per heavy atom. The molecule has 2 unspecified atom stereocenters. The lowest BCUT2D eigenvalue weighted by molar-refractivity contribution is -0.137. The third-order valence-electron chi connectivity index (χ3n) is 5.58. The molecular weight excluding hydrogens is 469 g/mol. The molecule has 5 nitrogen and oxygen atoms in total. The second kappa shape index (κ2) is 15.0. The first-order valence-corrected chi connectivity index (χ1v) is 12.0. The molecule has 0 aliphatic carbocycles. The SMILES string of the molecule is CC(=O)c1ccc(C(F)(F)F)c(Cl)c1.CCCC(CCC(C)CC)c1cc(NCCOC)on1. The van der Waals surface area contributed by atoms with Gasteiger partial charge in [-0.1, -0.05) is 62.9 Å². The molecule has 1 aromatic carbocycles. The van der Waals surface area contributed by atoms with Gasteiger partial charge in [-0.2, -0.15) is 13.2 Å². The van der Waals surface area contributed by atoms with Crippen LogP contribution in [-0.2, 0) is 10.9 Å². The third kappa shape index (κ3) is 10.5. The Balaban J connectivity index is 0.000000362. The van der Waals surface area contributed by atoms with Crippen molar-refractivity contribution in [1.82, 2.24) is 5.16 Å². The van der Waals surface area contributed by atoms with Crippen LogP contribution in [0.25, 0.3) is 0 Å². The number of methoxy groups -OCH3 is 1. The molecule has 34 heavy (non-hydrogen) atoms. The molecule has 0 amide bonds. The monoisotopic (exact) mass is 504 g/mol. The number of nitrogens with zero attached hydrogens (tertiary/aromatic N) is 1. The van der Waals surface area contributed by atoms with E-state index < -0.39 is 16.8 Å². The predicted molar refractivity (Wildman–Crippen MR) is 130 cm³/mol. The zero-order valence-corrected chi connectivity index (χ0v) is 21.4. The average Bonchev–Trinajstić information content (AvgIpc) is 3.24. The minimum absolute atomic E-state index is 0.169. The average molecular weight is 505 g/mol. The summed E-state index contributed by atoms with van der Waals surface area (Å²) in [4.78, 5) is 10.8. The topological polar surface area (TPSA) is 64.4 Å². The van der Waals surface area contributed by atoms with Crippen molar-refractivity contribution >= 4 is 23.3 Å². The highest BCUT2D eigenvalue weighted by atomic mass is 35.5.